The fourth-order valence-corrected chi connectivity index (χ4v) is 2.27. The first-order chi connectivity index (χ1) is 11.2. The highest BCUT2D eigenvalue weighted by molar-refractivity contribution is 5.79. The lowest BCUT2D eigenvalue weighted by Crippen LogP contribution is -2.39. The van der Waals surface area contributed by atoms with Crippen LogP contribution in [0.2, 0.25) is 0 Å². The fraction of sp³-hybridized carbons (Fsp3) is 0.611. The van der Waals surface area contributed by atoms with E-state index in [4.69, 9.17) is 9.47 Å². The number of ether oxygens (including phenoxy) is 2. The summed E-state index contributed by atoms with van der Waals surface area (Å²) < 4.78 is 11.0. The zero-order valence-electron chi connectivity index (χ0n) is 15.0. The average molecular weight is 321 g/mol. The first kappa shape index (κ1) is 19.3. The number of benzene rings is 1. The van der Waals surface area contributed by atoms with Crippen LogP contribution in [0.15, 0.2) is 29.3 Å². The number of nitrogens with one attached hydrogen (secondary N) is 1. The van der Waals surface area contributed by atoms with Crippen molar-refractivity contribution >= 4 is 5.96 Å². The lowest BCUT2D eigenvalue weighted by Gasteiger charge is -2.23. The average Bonchev–Trinajstić information content (AvgIpc) is 2.57. The van der Waals surface area contributed by atoms with Gasteiger partial charge in [-0.2, -0.15) is 0 Å². The maximum absolute atomic E-state index is 5.57. The molecular formula is C18H31N3O2. The second kappa shape index (κ2) is 11.8. The fourth-order valence-electron chi connectivity index (χ4n) is 2.27. The molecule has 0 spiro atoms. The summed E-state index contributed by atoms with van der Waals surface area (Å²) in [6.07, 6.45) is 3.29. The van der Waals surface area contributed by atoms with Crippen LogP contribution in [0.5, 0.6) is 5.75 Å². The molecule has 130 valence electrons. The monoisotopic (exact) mass is 321 g/mol. The van der Waals surface area contributed by atoms with Gasteiger partial charge in [-0.25, -0.2) is 0 Å². The maximum Gasteiger partial charge on any atom is 0.193 e. The first-order valence-corrected chi connectivity index (χ1v) is 8.34. The number of hydrogen-bond donors (Lipinski definition) is 1. The molecule has 0 amide bonds. The standard InChI is InChI=1S/C18H31N3O2/c1-5-6-13-23-14-9-12-20-18(19-2)21(3)15-16-10-7-8-11-17(16)22-4/h7-8,10-11H,5-6,9,12-15H2,1-4H3,(H,19,20). The molecule has 1 rings (SSSR count). The van der Waals surface area contributed by atoms with Crippen molar-refractivity contribution in [3.05, 3.63) is 29.8 Å². The van der Waals surface area contributed by atoms with Crippen molar-refractivity contribution in [1.82, 2.24) is 10.2 Å². The summed E-state index contributed by atoms with van der Waals surface area (Å²) in [6, 6.07) is 8.06. The number of guanidine groups is 1. The first-order valence-electron chi connectivity index (χ1n) is 8.34. The molecule has 1 aromatic rings. The minimum Gasteiger partial charge on any atom is -0.496 e. The van der Waals surface area contributed by atoms with Crippen molar-refractivity contribution in [3.63, 3.8) is 0 Å². The molecule has 0 bridgehead atoms. The van der Waals surface area contributed by atoms with Crippen molar-refractivity contribution in [3.8, 4) is 5.75 Å². The molecule has 0 atom stereocenters. The van der Waals surface area contributed by atoms with E-state index >= 15 is 0 Å². The Morgan fingerprint density at radius 1 is 1.22 bits per heavy atom. The third-order valence-electron chi connectivity index (χ3n) is 3.56. The smallest absolute Gasteiger partial charge is 0.193 e. The van der Waals surface area contributed by atoms with Gasteiger partial charge in [0.2, 0.25) is 0 Å². The predicted octanol–water partition coefficient (Wildman–Crippen LogP) is 2.91. The van der Waals surface area contributed by atoms with Gasteiger partial charge in [-0.05, 0) is 18.9 Å². The van der Waals surface area contributed by atoms with E-state index in [-0.39, 0.29) is 0 Å². The van der Waals surface area contributed by atoms with E-state index in [0.29, 0.717) is 0 Å². The Morgan fingerprint density at radius 3 is 2.65 bits per heavy atom. The summed E-state index contributed by atoms with van der Waals surface area (Å²) in [4.78, 5) is 6.43. The van der Waals surface area contributed by atoms with E-state index < -0.39 is 0 Å². The van der Waals surface area contributed by atoms with E-state index in [1.54, 1.807) is 14.2 Å². The SMILES string of the molecule is CCCCOCCCNC(=NC)N(C)Cc1ccccc1OC. The number of para-hydroxylation sites is 1. The largest absolute Gasteiger partial charge is 0.496 e. The van der Waals surface area contributed by atoms with Gasteiger partial charge in [0.05, 0.1) is 7.11 Å². The highest BCUT2D eigenvalue weighted by Crippen LogP contribution is 2.18. The lowest BCUT2D eigenvalue weighted by atomic mass is 10.2. The number of methoxy groups -OCH3 is 1. The van der Waals surface area contributed by atoms with Crippen LogP contribution < -0.4 is 10.1 Å². The molecule has 0 saturated heterocycles. The van der Waals surface area contributed by atoms with Crippen LogP contribution >= 0.6 is 0 Å². The van der Waals surface area contributed by atoms with Gasteiger partial charge in [0.25, 0.3) is 0 Å². The zero-order valence-corrected chi connectivity index (χ0v) is 15.0. The van der Waals surface area contributed by atoms with Gasteiger partial charge in [0, 0.05) is 46.0 Å². The van der Waals surface area contributed by atoms with Crippen LogP contribution in [-0.2, 0) is 11.3 Å². The third kappa shape index (κ3) is 7.37. The lowest BCUT2D eigenvalue weighted by molar-refractivity contribution is 0.129. The maximum atomic E-state index is 5.57. The molecule has 0 radical (unpaired) electrons. The third-order valence-corrected chi connectivity index (χ3v) is 3.56. The topological polar surface area (TPSA) is 46.1 Å². The van der Waals surface area contributed by atoms with Crippen LogP contribution in [0.4, 0.5) is 0 Å². The van der Waals surface area contributed by atoms with Crippen molar-refractivity contribution in [2.24, 2.45) is 4.99 Å². The van der Waals surface area contributed by atoms with Crippen LogP contribution in [0.3, 0.4) is 0 Å². The van der Waals surface area contributed by atoms with Gasteiger partial charge >= 0.3 is 0 Å². The molecule has 0 saturated carbocycles. The Hall–Kier alpha value is -1.75. The Morgan fingerprint density at radius 2 is 1.96 bits per heavy atom. The minimum atomic E-state index is 0.747. The van der Waals surface area contributed by atoms with Crippen molar-refractivity contribution < 1.29 is 9.47 Å². The van der Waals surface area contributed by atoms with E-state index in [1.807, 2.05) is 25.2 Å². The summed E-state index contributed by atoms with van der Waals surface area (Å²) in [5.74, 6) is 1.78. The molecule has 5 nitrogen and oxygen atoms in total. The summed E-state index contributed by atoms with van der Waals surface area (Å²) >= 11 is 0. The quantitative estimate of drug-likeness (QED) is 0.409. The molecule has 0 heterocycles. The Kier molecular flexibility index (Phi) is 9.87. The summed E-state index contributed by atoms with van der Waals surface area (Å²) in [6.45, 7) is 5.43. The molecule has 0 aliphatic carbocycles. The van der Waals surface area contributed by atoms with Gasteiger partial charge < -0.3 is 19.7 Å². The van der Waals surface area contributed by atoms with Crippen molar-refractivity contribution in [2.75, 3.05) is 41.0 Å². The summed E-state index contributed by atoms with van der Waals surface area (Å²) in [7, 11) is 5.53. The Bertz CT molecular complexity index is 463. The van der Waals surface area contributed by atoms with Crippen molar-refractivity contribution in [1.29, 1.82) is 0 Å². The molecule has 5 heteroatoms. The van der Waals surface area contributed by atoms with Gasteiger partial charge in [-0.15, -0.1) is 0 Å². The zero-order chi connectivity index (χ0) is 16.9. The van der Waals surface area contributed by atoms with E-state index in [9.17, 15) is 0 Å². The second-order valence-corrected chi connectivity index (χ2v) is 5.46. The number of rotatable bonds is 10. The molecule has 0 aliphatic rings. The van der Waals surface area contributed by atoms with Gasteiger partial charge in [-0.3, -0.25) is 4.99 Å². The highest BCUT2D eigenvalue weighted by Gasteiger charge is 2.09. The molecule has 23 heavy (non-hydrogen) atoms. The van der Waals surface area contributed by atoms with E-state index in [1.165, 1.54) is 6.42 Å². The van der Waals surface area contributed by atoms with Crippen molar-refractivity contribution in [2.45, 2.75) is 32.7 Å². The summed E-state index contributed by atoms with van der Waals surface area (Å²) in [5, 5.41) is 3.37. The normalized spacial score (nSPS) is 11.4. The highest BCUT2D eigenvalue weighted by atomic mass is 16.5. The number of hydrogen-bond acceptors (Lipinski definition) is 3. The molecule has 0 aromatic heterocycles. The molecule has 1 aromatic carbocycles. The minimum absolute atomic E-state index is 0.747. The predicted molar refractivity (Wildman–Crippen MR) is 96.2 cm³/mol. The second-order valence-electron chi connectivity index (χ2n) is 5.46. The summed E-state index contributed by atoms with van der Waals surface area (Å²) in [5.41, 5.74) is 1.14. The van der Waals surface area contributed by atoms with E-state index in [2.05, 4.69) is 28.2 Å². The molecule has 0 aliphatic heterocycles. The van der Waals surface area contributed by atoms with Gasteiger partial charge in [0.1, 0.15) is 5.75 Å². The number of unbranched alkanes of at least 4 members (excludes halogenated alkanes) is 1. The number of aliphatic imine (C=N–C) groups is 1. The van der Waals surface area contributed by atoms with Crippen LogP contribution in [0.25, 0.3) is 0 Å². The Balaban J connectivity index is 2.36. The van der Waals surface area contributed by atoms with Crippen LogP contribution in [0, 0.1) is 0 Å². The molecule has 0 unspecified atom stereocenters. The van der Waals surface area contributed by atoms with Gasteiger partial charge in [0.15, 0.2) is 5.96 Å². The van der Waals surface area contributed by atoms with E-state index in [0.717, 1.165) is 56.4 Å². The van der Waals surface area contributed by atoms with Gasteiger partial charge in [-0.1, -0.05) is 31.5 Å². The van der Waals surface area contributed by atoms with Crippen LogP contribution in [0.1, 0.15) is 31.7 Å². The Labute approximate surface area is 140 Å². The molecular weight excluding hydrogens is 290 g/mol. The van der Waals surface area contributed by atoms with Crippen LogP contribution in [-0.4, -0.2) is 51.8 Å². The molecule has 0 fully saturated rings. The number of nitrogens with zero attached hydrogens (tertiary/aromatic N) is 2. The molecule has 1 N–H and O–H groups in total.